The molecule has 0 saturated heterocycles. The van der Waals surface area contributed by atoms with E-state index in [1.165, 1.54) is 0 Å². The zero-order valence-corrected chi connectivity index (χ0v) is 4.41. The average Bonchev–Trinajstić information content (AvgIpc) is 1.80. The molecule has 0 aliphatic rings. The molecule has 7 heavy (non-hydrogen) atoms. The summed E-state index contributed by atoms with van der Waals surface area (Å²) >= 11 is 0. The Bertz CT molecular complexity index is 132. The van der Waals surface area contributed by atoms with E-state index in [0.29, 0.717) is 18.4 Å². The van der Waals surface area contributed by atoms with Crippen LogP contribution in [-0.4, -0.2) is 0 Å². The topological polar surface area (TPSA) is 0 Å². The zero-order chi connectivity index (χ0) is 8.20. The van der Waals surface area contributed by atoms with Gasteiger partial charge in [-0.3, -0.25) is 0 Å². The van der Waals surface area contributed by atoms with Gasteiger partial charge in [0.05, 0.1) is 0 Å². The maximum atomic E-state index is 6.92. The predicted octanol–water partition coefficient (Wildman–Crippen LogP) is 2.53. The third-order valence-electron chi connectivity index (χ3n) is 0.650. The molecule has 0 bridgehead atoms. The molecule has 0 radical (unpaired) electrons. The highest BCUT2D eigenvalue weighted by molar-refractivity contribution is 4.89. The number of rotatable bonds is 3. The van der Waals surface area contributed by atoms with Gasteiger partial charge < -0.3 is 0 Å². The molecule has 0 unspecified atom stereocenters. The van der Waals surface area contributed by atoms with Crippen molar-refractivity contribution in [3.05, 3.63) is 24.8 Å². The molecule has 0 nitrogen and oxygen atoms in total. The minimum Gasteiger partial charge on any atom is -0.103 e. The van der Waals surface area contributed by atoms with Crippen molar-refractivity contribution < 1.29 is 4.11 Å². The van der Waals surface area contributed by atoms with Crippen molar-refractivity contribution in [3.63, 3.8) is 0 Å². The van der Waals surface area contributed by atoms with Crippen molar-refractivity contribution in [1.82, 2.24) is 0 Å². The molecule has 0 aromatic rings. The van der Waals surface area contributed by atoms with Gasteiger partial charge in [-0.25, -0.2) is 0 Å². The van der Waals surface area contributed by atoms with Gasteiger partial charge in [0.2, 0.25) is 0 Å². The minimum atomic E-state index is -1.98. The second-order valence-corrected chi connectivity index (χ2v) is 1.43. The van der Waals surface area contributed by atoms with E-state index in [2.05, 4.69) is 13.2 Å². The van der Waals surface area contributed by atoms with Crippen molar-refractivity contribution >= 4 is 0 Å². The Kier molecular flexibility index (Phi) is 1.42. The molecule has 40 valence electrons. The normalized spacial score (nSPS) is 16.3. The van der Waals surface area contributed by atoms with Gasteiger partial charge in [0.15, 0.2) is 0 Å². The van der Waals surface area contributed by atoms with E-state index in [0.717, 1.165) is 0 Å². The van der Waals surface area contributed by atoms with Crippen LogP contribution in [0.1, 0.15) is 23.8 Å². The molecular formula is C7H12. The van der Waals surface area contributed by atoms with E-state index in [1.54, 1.807) is 6.08 Å². The first-order valence-electron chi connectivity index (χ1n) is 3.77. The van der Waals surface area contributed by atoms with Gasteiger partial charge in [-0.1, -0.05) is 11.6 Å². The molecule has 0 amide bonds. The van der Waals surface area contributed by atoms with Gasteiger partial charge in [-0.2, -0.15) is 0 Å². The van der Waals surface area contributed by atoms with Gasteiger partial charge >= 0.3 is 0 Å². The molecule has 0 saturated carbocycles. The lowest BCUT2D eigenvalue weighted by Crippen LogP contribution is -1.68. The Balaban J connectivity index is 3.74. The zero-order valence-electron chi connectivity index (χ0n) is 7.41. The summed E-state index contributed by atoms with van der Waals surface area (Å²) in [5.74, 6) is 0. The van der Waals surface area contributed by atoms with Crippen LogP contribution in [0.3, 0.4) is 0 Å². The van der Waals surface area contributed by atoms with E-state index in [1.807, 2.05) is 0 Å². The lowest BCUT2D eigenvalue weighted by Gasteiger charge is -1.88. The fourth-order valence-electron chi connectivity index (χ4n) is 0.276. The highest BCUT2D eigenvalue weighted by Crippen LogP contribution is 1.98. The summed E-state index contributed by atoms with van der Waals surface area (Å²) in [6, 6.07) is 0. The maximum absolute atomic E-state index is 6.92. The SMILES string of the molecule is [2H]C([2H])([2H])C(=C)CCC=C. The van der Waals surface area contributed by atoms with E-state index < -0.39 is 6.85 Å². The molecule has 0 fully saturated rings. The monoisotopic (exact) mass is 99.1 g/mol. The molecule has 0 spiro atoms. The Labute approximate surface area is 49.8 Å². The number of hydrogen-bond donors (Lipinski definition) is 0. The summed E-state index contributed by atoms with van der Waals surface area (Å²) in [6.45, 7) is 4.96. The molecule has 0 heterocycles. The molecule has 0 aliphatic heterocycles. The van der Waals surface area contributed by atoms with Gasteiger partial charge in [0, 0.05) is 4.11 Å². The summed E-state index contributed by atoms with van der Waals surface area (Å²) in [6.07, 6.45) is 2.90. The second-order valence-electron chi connectivity index (χ2n) is 1.43. The standard InChI is InChI=1S/C7H12/c1-4-5-6-7(2)3/h4H,1-2,5-6H2,3H3/i3D3. The van der Waals surface area contributed by atoms with Crippen LogP contribution < -0.4 is 0 Å². The van der Waals surface area contributed by atoms with Crippen molar-refractivity contribution in [2.45, 2.75) is 19.7 Å². The van der Waals surface area contributed by atoms with Crippen LogP contribution in [-0.2, 0) is 0 Å². The maximum Gasteiger partial charge on any atom is 0.0276 e. The third-order valence-corrected chi connectivity index (χ3v) is 0.650. The summed E-state index contributed by atoms with van der Waals surface area (Å²) in [5, 5.41) is 0. The van der Waals surface area contributed by atoms with Crippen molar-refractivity contribution in [3.8, 4) is 0 Å². The van der Waals surface area contributed by atoms with Crippen LogP contribution in [0.2, 0.25) is 0 Å². The van der Waals surface area contributed by atoms with Crippen LogP contribution >= 0.6 is 0 Å². The Hall–Kier alpha value is -0.520. The molecule has 0 aliphatic carbocycles. The van der Waals surface area contributed by atoms with Gasteiger partial charge in [-0.05, 0) is 19.7 Å². The Morgan fingerprint density at radius 2 is 2.71 bits per heavy atom. The largest absolute Gasteiger partial charge is 0.103 e. The van der Waals surface area contributed by atoms with E-state index in [4.69, 9.17) is 4.11 Å². The summed E-state index contributed by atoms with van der Waals surface area (Å²) < 4.78 is 20.7. The number of allylic oxidation sites excluding steroid dienone is 2. The molecule has 0 N–H and O–H groups in total. The lowest BCUT2D eigenvalue weighted by molar-refractivity contribution is 0.986. The molecule has 0 aromatic carbocycles. The van der Waals surface area contributed by atoms with Crippen LogP contribution in [0.25, 0.3) is 0 Å². The average molecular weight is 99.2 g/mol. The first-order chi connectivity index (χ1) is 4.48. The molecule has 0 rings (SSSR count). The summed E-state index contributed by atoms with van der Waals surface area (Å²) in [4.78, 5) is 0. The predicted molar refractivity (Wildman–Crippen MR) is 34.2 cm³/mol. The fourth-order valence-corrected chi connectivity index (χ4v) is 0.276. The highest BCUT2D eigenvalue weighted by Gasteiger charge is 1.78. The van der Waals surface area contributed by atoms with Crippen LogP contribution in [0.15, 0.2) is 24.8 Å². The summed E-state index contributed by atoms with van der Waals surface area (Å²) in [5.41, 5.74) is 0.312. The smallest absolute Gasteiger partial charge is 0.0276 e. The van der Waals surface area contributed by atoms with E-state index in [9.17, 15) is 0 Å². The molecule has 0 heteroatoms. The molecule has 0 aromatic heterocycles. The fraction of sp³-hybridized carbons (Fsp3) is 0.429. The van der Waals surface area contributed by atoms with Gasteiger partial charge in [-0.15, -0.1) is 13.2 Å². The third kappa shape index (κ3) is 5.48. The van der Waals surface area contributed by atoms with Crippen molar-refractivity contribution in [1.29, 1.82) is 0 Å². The quantitative estimate of drug-likeness (QED) is 0.477. The first kappa shape index (κ1) is 2.71. The molecule has 0 atom stereocenters. The van der Waals surface area contributed by atoms with Gasteiger partial charge in [0.25, 0.3) is 0 Å². The van der Waals surface area contributed by atoms with Gasteiger partial charge in [0.1, 0.15) is 0 Å². The first-order valence-corrected chi connectivity index (χ1v) is 2.27. The van der Waals surface area contributed by atoms with E-state index >= 15 is 0 Å². The van der Waals surface area contributed by atoms with Crippen molar-refractivity contribution in [2.75, 3.05) is 0 Å². The second kappa shape index (κ2) is 3.66. The lowest BCUT2D eigenvalue weighted by atomic mass is 10.2. The minimum absolute atomic E-state index is 0.312. The number of hydrogen-bond acceptors (Lipinski definition) is 0. The van der Waals surface area contributed by atoms with Crippen LogP contribution in [0.5, 0.6) is 0 Å². The van der Waals surface area contributed by atoms with Crippen LogP contribution in [0.4, 0.5) is 0 Å². The van der Waals surface area contributed by atoms with Crippen LogP contribution in [0, 0.1) is 0 Å². The van der Waals surface area contributed by atoms with Crippen molar-refractivity contribution in [2.24, 2.45) is 0 Å². The Morgan fingerprint density at radius 3 is 3.14 bits per heavy atom. The highest BCUT2D eigenvalue weighted by atomic mass is 13.8. The summed E-state index contributed by atoms with van der Waals surface area (Å²) in [7, 11) is 0. The van der Waals surface area contributed by atoms with E-state index in [-0.39, 0.29) is 0 Å². The molecular weight excluding hydrogens is 84.1 g/mol. The Morgan fingerprint density at radius 1 is 2.00 bits per heavy atom.